The van der Waals surface area contributed by atoms with E-state index in [1.54, 1.807) is 0 Å². The maximum Gasteiger partial charge on any atom is 0.0159 e. The molecular formula is C61H42. The molecule has 1 aliphatic rings. The van der Waals surface area contributed by atoms with E-state index in [1.807, 2.05) is 0 Å². The largest absolute Gasteiger partial charge is 0.0622 e. The Balaban J connectivity index is 1.12. The van der Waals surface area contributed by atoms with Crippen LogP contribution >= 0.6 is 0 Å². The van der Waals surface area contributed by atoms with Crippen molar-refractivity contribution in [3.05, 3.63) is 230 Å². The summed E-state index contributed by atoms with van der Waals surface area (Å²) in [7, 11) is 0. The molecule has 0 amide bonds. The minimum Gasteiger partial charge on any atom is -0.0622 e. The second-order valence-corrected chi connectivity index (χ2v) is 17.2. The van der Waals surface area contributed by atoms with Crippen molar-refractivity contribution >= 4 is 43.1 Å². The normalized spacial score (nSPS) is 12.9. The monoisotopic (exact) mass is 774 g/mol. The Morgan fingerprint density at radius 1 is 0.262 bits per heavy atom. The summed E-state index contributed by atoms with van der Waals surface area (Å²) < 4.78 is 0. The van der Waals surface area contributed by atoms with Crippen LogP contribution in [-0.4, -0.2) is 0 Å². The second-order valence-electron chi connectivity index (χ2n) is 17.2. The summed E-state index contributed by atoms with van der Waals surface area (Å²) in [5.41, 5.74) is 17.8. The molecule has 0 heteroatoms. The van der Waals surface area contributed by atoms with Gasteiger partial charge in [0.1, 0.15) is 0 Å². The molecule has 11 aromatic carbocycles. The number of benzene rings is 11. The van der Waals surface area contributed by atoms with E-state index >= 15 is 0 Å². The zero-order valence-corrected chi connectivity index (χ0v) is 34.3. The van der Waals surface area contributed by atoms with Crippen molar-refractivity contribution in [2.24, 2.45) is 0 Å². The Labute approximate surface area is 357 Å². The molecule has 286 valence electrons. The molecule has 0 radical (unpaired) electrons. The van der Waals surface area contributed by atoms with Crippen molar-refractivity contribution in [3.63, 3.8) is 0 Å². The predicted molar refractivity (Wildman–Crippen MR) is 261 cm³/mol. The van der Waals surface area contributed by atoms with Crippen molar-refractivity contribution in [2.45, 2.75) is 19.3 Å². The summed E-state index contributed by atoms with van der Waals surface area (Å²) in [5, 5.41) is 10.1. The first-order valence-electron chi connectivity index (χ1n) is 21.4. The summed E-state index contributed by atoms with van der Waals surface area (Å²) in [6.45, 7) is 4.73. The van der Waals surface area contributed by atoms with E-state index in [2.05, 4.69) is 232 Å². The minimum atomic E-state index is -0.0537. The van der Waals surface area contributed by atoms with Crippen LogP contribution < -0.4 is 0 Å². The van der Waals surface area contributed by atoms with Gasteiger partial charge in [0.15, 0.2) is 0 Å². The molecule has 0 atom stereocenters. The third-order valence-corrected chi connectivity index (χ3v) is 13.4. The highest BCUT2D eigenvalue weighted by Crippen LogP contribution is 2.51. The average Bonchev–Trinajstić information content (AvgIpc) is 3.54. The van der Waals surface area contributed by atoms with E-state index in [-0.39, 0.29) is 5.41 Å². The van der Waals surface area contributed by atoms with E-state index < -0.39 is 0 Å². The lowest BCUT2D eigenvalue weighted by atomic mass is 9.81. The molecule has 0 bridgehead atoms. The van der Waals surface area contributed by atoms with Gasteiger partial charge >= 0.3 is 0 Å². The molecule has 0 nitrogen and oxygen atoms in total. The fraction of sp³-hybridized carbons (Fsp3) is 0.0492. The van der Waals surface area contributed by atoms with Crippen molar-refractivity contribution in [3.8, 4) is 66.8 Å². The van der Waals surface area contributed by atoms with Gasteiger partial charge in [-0.1, -0.05) is 208 Å². The minimum absolute atomic E-state index is 0.0537. The van der Waals surface area contributed by atoms with Crippen LogP contribution in [0.15, 0.2) is 218 Å². The summed E-state index contributed by atoms with van der Waals surface area (Å²) >= 11 is 0. The average molecular weight is 775 g/mol. The summed E-state index contributed by atoms with van der Waals surface area (Å²) in [6, 6.07) is 81.3. The van der Waals surface area contributed by atoms with Gasteiger partial charge in [0.25, 0.3) is 0 Å². The topological polar surface area (TPSA) is 0 Å². The van der Waals surface area contributed by atoms with Gasteiger partial charge in [-0.2, -0.15) is 0 Å². The predicted octanol–water partition coefficient (Wildman–Crippen LogP) is 16.9. The number of rotatable bonds is 5. The molecule has 0 heterocycles. The molecule has 0 spiro atoms. The first-order chi connectivity index (χ1) is 30.0. The highest BCUT2D eigenvalue weighted by Gasteiger charge is 2.35. The number of fused-ring (bicyclic) bond motifs is 8. The Morgan fingerprint density at radius 2 is 0.836 bits per heavy atom. The van der Waals surface area contributed by atoms with Crippen LogP contribution in [0.4, 0.5) is 0 Å². The standard InChI is InChI=1S/C61H42/c1-61(2)56-28-16-15-24-49(56)55-36-42-29-30-43(35-45(42)38-57(55)61)47-33-32-44(37-54(47)40-19-7-4-8-20-40)58-51-26-13-14-27-52(51)59(53-34-31-41-21-9-10-23-48(41)60(53)58)50-25-12-11-22-46(50)39-17-5-3-6-18-39/h3-38H,1-2H3. The fourth-order valence-electron chi connectivity index (χ4n) is 10.5. The third-order valence-electron chi connectivity index (χ3n) is 13.4. The second kappa shape index (κ2) is 13.8. The molecule has 11 aromatic rings. The van der Waals surface area contributed by atoms with Gasteiger partial charge in [-0.15, -0.1) is 0 Å². The lowest BCUT2D eigenvalue weighted by molar-refractivity contribution is 0.661. The summed E-state index contributed by atoms with van der Waals surface area (Å²) in [4.78, 5) is 0. The van der Waals surface area contributed by atoms with Crippen molar-refractivity contribution < 1.29 is 0 Å². The van der Waals surface area contributed by atoms with E-state index in [4.69, 9.17) is 0 Å². The van der Waals surface area contributed by atoms with Crippen LogP contribution in [0.25, 0.3) is 110 Å². The molecule has 0 N–H and O–H groups in total. The van der Waals surface area contributed by atoms with Crippen molar-refractivity contribution in [2.75, 3.05) is 0 Å². The Hall–Kier alpha value is -7.54. The quantitative estimate of drug-likeness (QED) is 0.121. The van der Waals surface area contributed by atoms with Crippen LogP contribution in [0.3, 0.4) is 0 Å². The zero-order chi connectivity index (χ0) is 40.7. The first-order valence-corrected chi connectivity index (χ1v) is 21.4. The molecule has 0 aromatic heterocycles. The van der Waals surface area contributed by atoms with Crippen LogP contribution in [0.1, 0.15) is 25.0 Å². The van der Waals surface area contributed by atoms with E-state index in [1.165, 1.54) is 121 Å². The summed E-state index contributed by atoms with van der Waals surface area (Å²) in [6.07, 6.45) is 0. The van der Waals surface area contributed by atoms with Gasteiger partial charge in [-0.25, -0.2) is 0 Å². The van der Waals surface area contributed by atoms with Crippen LogP contribution in [-0.2, 0) is 5.41 Å². The maximum absolute atomic E-state index is 2.46. The molecular weight excluding hydrogens is 733 g/mol. The van der Waals surface area contributed by atoms with Crippen LogP contribution in [0.2, 0.25) is 0 Å². The lowest BCUT2D eigenvalue weighted by Gasteiger charge is -2.22. The molecule has 12 rings (SSSR count). The third kappa shape index (κ3) is 5.53. The van der Waals surface area contributed by atoms with E-state index in [9.17, 15) is 0 Å². The van der Waals surface area contributed by atoms with Gasteiger partial charge in [0.2, 0.25) is 0 Å². The molecule has 61 heavy (non-hydrogen) atoms. The molecule has 0 fully saturated rings. The molecule has 0 aliphatic heterocycles. The highest BCUT2D eigenvalue weighted by molar-refractivity contribution is 6.28. The van der Waals surface area contributed by atoms with Crippen LogP contribution in [0.5, 0.6) is 0 Å². The molecule has 0 saturated carbocycles. The fourth-order valence-corrected chi connectivity index (χ4v) is 10.5. The molecule has 0 saturated heterocycles. The van der Waals surface area contributed by atoms with E-state index in [0.29, 0.717) is 0 Å². The van der Waals surface area contributed by atoms with Gasteiger partial charge < -0.3 is 0 Å². The van der Waals surface area contributed by atoms with Crippen LogP contribution in [0, 0.1) is 0 Å². The first kappa shape index (κ1) is 35.4. The van der Waals surface area contributed by atoms with Gasteiger partial charge in [-0.3, -0.25) is 0 Å². The summed E-state index contributed by atoms with van der Waals surface area (Å²) in [5.74, 6) is 0. The molecule has 1 aliphatic carbocycles. The van der Waals surface area contributed by atoms with Gasteiger partial charge in [0.05, 0.1) is 0 Å². The molecule has 0 unspecified atom stereocenters. The van der Waals surface area contributed by atoms with Crippen molar-refractivity contribution in [1.82, 2.24) is 0 Å². The maximum atomic E-state index is 2.46. The smallest absolute Gasteiger partial charge is 0.0159 e. The number of hydrogen-bond acceptors (Lipinski definition) is 0. The Bertz CT molecular complexity index is 3530. The zero-order valence-electron chi connectivity index (χ0n) is 34.3. The SMILES string of the molecule is CC1(C)c2ccccc2-c2cc3ccc(-c4ccc(-c5c6ccccc6c(-c6ccccc6-c6ccccc6)c6ccc7ccccc7c56)cc4-c4ccccc4)cc3cc21. The Morgan fingerprint density at radius 3 is 1.61 bits per heavy atom. The Kier molecular flexibility index (Phi) is 7.99. The van der Waals surface area contributed by atoms with Gasteiger partial charge in [-0.05, 0) is 145 Å². The highest BCUT2D eigenvalue weighted by atomic mass is 14.4. The van der Waals surface area contributed by atoms with Gasteiger partial charge in [0, 0.05) is 5.41 Å². The lowest BCUT2D eigenvalue weighted by Crippen LogP contribution is -2.14. The van der Waals surface area contributed by atoms with Crippen molar-refractivity contribution in [1.29, 1.82) is 0 Å². The number of hydrogen-bond donors (Lipinski definition) is 0. The van der Waals surface area contributed by atoms with E-state index in [0.717, 1.165) is 0 Å².